The van der Waals surface area contributed by atoms with Crippen molar-refractivity contribution in [1.29, 1.82) is 0 Å². The second-order valence-electron chi connectivity index (χ2n) is 4.60. The van der Waals surface area contributed by atoms with Crippen molar-refractivity contribution in [2.24, 2.45) is 10.8 Å². The van der Waals surface area contributed by atoms with E-state index in [0.29, 0.717) is 0 Å². The van der Waals surface area contributed by atoms with Crippen LogP contribution in [-0.4, -0.2) is 26.2 Å². The molecule has 0 N–H and O–H groups in total. The van der Waals surface area contributed by atoms with Crippen LogP contribution in [0.1, 0.15) is 20.8 Å². The van der Waals surface area contributed by atoms with Crippen molar-refractivity contribution in [3.63, 3.8) is 0 Å². The molecule has 0 heterocycles. The smallest absolute Gasteiger partial charge is 0.331 e. The van der Waals surface area contributed by atoms with Gasteiger partial charge in [-0.25, -0.2) is 0 Å². The summed E-state index contributed by atoms with van der Waals surface area (Å²) in [5.41, 5.74) is -0.738. The van der Waals surface area contributed by atoms with Gasteiger partial charge in [0.2, 0.25) is 5.41 Å². The highest BCUT2D eigenvalue weighted by atomic mass is 16.5. The van der Waals surface area contributed by atoms with Gasteiger partial charge in [0.05, 0.1) is 14.2 Å². The Hall–Kier alpha value is -1.32. The quantitative estimate of drug-likeness (QED) is 0.393. The number of methoxy groups -OCH3 is 2. The SMILES string of the molecule is COC(=O)C1(C(=O)OC)C=C1C(C)(C)C. The van der Waals surface area contributed by atoms with Crippen molar-refractivity contribution in [1.82, 2.24) is 0 Å². The van der Waals surface area contributed by atoms with Crippen LogP contribution in [-0.2, 0) is 19.1 Å². The molecule has 84 valence electrons. The van der Waals surface area contributed by atoms with Crippen LogP contribution < -0.4 is 0 Å². The summed E-state index contributed by atoms with van der Waals surface area (Å²) in [7, 11) is 2.53. The molecule has 0 spiro atoms. The Balaban J connectivity index is 2.98. The zero-order valence-corrected chi connectivity index (χ0v) is 9.71. The summed E-state index contributed by atoms with van der Waals surface area (Å²) in [6.07, 6.45) is 1.62. The van der Waals surface area contributed by atoms with Gasteiger partial charge < -0.3 is 9.47 Å². The van der Waals surface area contributed by atoms with Gasteiger partial charge in [-0.1, -0.05) is 26.8 Å². The Morgan fingerprint density at radius 1 is 1.13 bits per heavy atom. The molecule has 0 atom stereocenters. The van der Waals surface area contributed by atoms with E-state index in [1.807, 2.05) is 20.8 Å². The summed E-state index contributed by atoms with van der Waals surface area (Å²) in [6.45, 7) is 5.81. The number of carbonyl (C=O) groups is 2. The summed E-state index contributed by atoms with van der Waals surface area (Å²) in [5.74, 6) is -1.14. The first kappa shape index (κ1) is 11.8. The maximum atomic E-state index is 11.6. The van der Waals surface area contributed by atoms with Crippen LogP contribution in [0.25, 0.3) is 0 Å². The lowest BCUT2D eigenvalue weighted by molar-refractivity contribution is -0.160. The number of ether oxygens (including phenoxy) is 2. The molecule has 4 heteroatoms. The zero-order valence-electron chi connectivity index (χ0n) is 9.71. The van der Waals surface area contributed by atoms with E-state index in [9.17, 15) is 9.59 Å². The van der Waals surface area contributed by atoms with Gasteiger partial charge >= 0.3 is 11.9 Å². The molecule has 0 aromatic carbocycles. The van der Waals surface area contributed by atoms with E-state index in [0.717, 1.165) is 5.57 Å². The molecule has 0 aromatic heterocycles. The largest absolute Gasteiger partial charge is 0.468 e. The Labute approximate surface area is 89.2 Å². The molecule has 15 heavy (non-hydrogen) atoms. The van der Waals surface area contributed by atoms with Crippen molar-refractivity contribution in [2.75, 3.05) is 14.2 Å². The molecule has 0 fully saturated rings. The lowest BCUT2D eigenvalue weighted by Crippen LogP contribution is -2.34. The topological polar surface area (TPSA) is 52.6 Å². The Kier molecular flexibility index (Phi) is 2.63. The van der Waals surface area contributed by atoms with Crippen molar-refractivity contribution < 1.29 is 19.1 Å². The monoisotopic (exact) mass is 212 g/mol. The minimum Gasteiger partial charge on any atom is -0.468 e. The maximum absolute atomic E-state index is 11.6. The van der Waals surface area contributed by atoms with Crippen LogP contribution in [0.5, 0.6) is 0 Å². The first-order valence-corrected chi connectivity index (χ1v) is 4.71. The summed E-state index contributed by atoms with van der Waals surface area (Å²) in [6, 6.07) is 0. The first-order chi connectivity index (χ1) is 6.80. The van der Waals surface area contributed by atoms with Crippen molar-refractivity contribution >= 4 is 11.9 Å². The van der Waals surface area contributed by atoms with Gasteiger partial charge in [-0.2, -0.15) is 0 Å². The fourth-order valence-corrected chi connectivity index (χ4v) is 1.73. The van der Waals surface area contributed by atoms with E-state index in [1.165, 1.54) is 14.2 Å². The van der Waals surface area contributed by atoms with E-state index in [1.54, 1.807) is 6.08 Å². The minimum atomic E-state index is -1.26. The fraction of sp³-hybridized carbons (Fsp3) is 0.636. The number of rotatable bonds is 2. The number of carbonyl (C=O) groups excluding carboxylic acids is 2. The maximum Gasteiger partial charge on any atom is 0.331 e. The minimum absolute atomic E-state index is 0.234. The molecule has 1 aliphatic carbocycles. The summed E-state index contributed by atoms with van der Waals surface area (Å²) >= 11 is 0. The van der Waals surface area contributed by atoms with E-state index < -0.39 is 17.4 Å². The fourth-order valence-electron chi connectivity index (χ4n) is 1.73. The third kappa shape index (κ3) is 1.64. The number of hydrogen-bond donors (Lipinski definition) is 0. The molecule has 1 aliphatic rings. The molecule has 4 nitrogen and oxygen atoms in total. The van der Waals surface area contributed by atoms with Crippen LogP contribution in [0.15, 0.2) is 11.6 Å². The third-order valence-corrected chi connectivity index (χ3v) is 2.53. The summed E-state index contributed by atoms with van der Waals surface area (Å²) in [4.78, 5) is 23.2. The van der Waals surface area contributed by atoms with Crippen LogP contribution in [0.4, 0.5) is 0 Å². The first-order valence-electron chi connectivity index (χ1n) is 4.71. The molecule has 0 saturated carbocycles. The number of esters is 2. The van der Waals surface area contributed by atoms with Gasteiger partial charge in [0.15, 0.2) is 0 Å². The molecule has 0 radical (unpaired) electrons. The van der Waals surface area contributed by atoms with Crippen LogP contribution in [0.3, 0.4) is 0 Å². The van der Waals surface area contributed by atoms with Crippen LogP contribution >= 0.6 is 0 Å². The molecule has 0 aliphatic heterocycles. The third-order valence-electron chi connectivity index (χ3n) is 2.53. The summed E-state index contributed by atoms with van der Waals surface area (Å²) in [5, 5.41) is 0. The Bertz CT molecular complexity index is 317. The number of hydrogen-bond acceptors (Lipinski definition) is 4. The highest BCUT2D eigenvalue weighted by molar-refractivity contribution is 6.11. The second kappa shape index (κ2) is 3.36. The average Bonchev–Trinajstić information content (AvgIpc) is 2.91. The molecule has 0 saturated heterocycles. The molecule has 0 aromatic rings. The van der Waals surface area contributed by atoms with Crippen molar-refractivity contribution in [2.45, 2.75) is 20.8 Å². The Morgan fingerprint density at radius 2 is 1.53 bits per heavy atom. The highest BCUT2D eigenvalue weighted by Gasteiger charge is 2.62. The lowest BCUT2D eigenvalue weighted by Gasteiger charge is -2.21. The van der Waals surface area contributed by atoms with Crippen LogP contribution in [0.2, 0.25) is 0 Å². The summed E-state index contributed by atoms with van der Waals surface area (Å²) < 4.78 is 9.27. The molecule has 0 bridgehead atoms. The van der Waals surface area contributed by atoms with Gasteiger partial charge in [0.25, 0.3) is 0 Å². The van der Waals surface area contributed by atoms with Gasteiger partial charge in [-0.15, -0.1) is 0 Å². The highest BCUT2D eigenvalue weighted by Crippen LogP contribution is 2.54. The van der Waals surface area contributed by atoms with E-state index in [2.05, 4.69) is 9.47 Å². The zero-order chi connectivity index (χ0) is 11.9. The standard InChI is InChI=1S/C11H16O4/c1-10(2,3)7-6-11(7,8(12)14-4)9(13)15-5/h6H,1-5H3. The van der Waals surface area contributed by atoms with Gasteiger partial charge in [0.1, 0.15) is 0 Å². The molecule has 1 rings (SSSR count). The molecule has 0 amide bonds. The van der Waals surface area contributed by atoms with Crippen molar-refractivity contribution in [3.8, 4) is 0 Å². The predicted octanol–water partition coefficient (Wildman–Crippen LogP) is 1.30. The Morgan fingerprint density at radius 3 is 1.73 bits per heavy atom. The normalized spacial score (nSPS) is 17.8. The lowest BCUT2D eigenvalue weighted by atomic mass is 9.84. The van der Waals surface area contributed by atoms with Gasteiger partial charge in [0, 0.05) is 0 Å². The van der Waals surface area contributed by atoms with Gasteiger partial charge in [-0.05, 0) is 11.0 Å². The van der Waals surface area contributed by atoms with Crippen LogP contribution in [0, 0.1) is 10.8 Å². The molecular formula is C11H16O4. The van der Waals surface area contributed by atoms with Crippen molar-refractivity contribution in [3.05, 3.63) is 11.6 Å². The van der Waals surface area contributed by atoms with E-state index >= 15 is 0 Å². The molecule has 0 unspecified atom stereocenters. The van der Waals surface area contributed by atoms with Gasteiger partial charge in [-0.3, -0.25) is 9.59 Å². The average molecular weight is 212 g/mol. The predicted molar refractivity (Wildman–Crippen MR) is 54.0 cm³/mol. The van der Waals surface area contributed by atoms with E-state index in [4.69, 9.17) is 0 Å². The van der Waals surface area contributed by atoms with E-state index in [-0.39, 0.29) is 5.41 Å². The molecular weight excluding hydrogens is 196 g/mol. The second-order valence-corrected chi connectivity index (χ2v) is 4.60.